The summed E-state index contributed by atoms with van der Waals surface area (Å²) in [5.41, 5.74) is 0.561. The Morgan fingerprint density at radius 1 is 1.33 bits per heavy atom. The SMILES string of the molecule is C=CCc1sc(C(O)CC/C=C/CCCCC)cc1C(=O)OCC. The molecule has 0 bridgehead atoms. The molecule has 24 heavy (non-hydrogen) atoms. The molecule has 0 aliphatic heterocycles. The summed E-state index contributed by atoms with van der Waals surface area (Å²) in [5, 5.41) is 10.4. The Morgan fingerprint density at radius 2 is 2.08 bits per heavy atom. The van der Waals surface area contributed by atoms with Crippen LogP contribution in [0, 0.1) is 0 Å². The molecule has 1 unspecified atom stereocenters. The lowest BCUT2D eigenvalue weighted by Gasteiger charge is -2.05. The molecule has 1 aromatic heterocycles. The Kier molecular flexibility index (Phi) is 10.4. The number of thiophene rings is 1. The first-order chi connectivity index (χ1) is 11.6. The summed E-state index contributed by atoms with van der Waals surface area (Å²) in [6.45, 7) is 8.07. The van der Waals surface area contributed by atoms with Gasteiger partial charge in [0.05, 0.1) is 18.3 Å². The summed E-state index contributed by atoms with van der Waals surface area (Å²) in [5.74, 6) is -0.320. The lowest BCUT2D eigenvalue weighted by atomic mass is 10.1. The van der Waals surface area contributed by atoms with E-state index in [0.29, 0.717) is 25.0 Å². The van der Waals surface area contributed by atoms with Gasteiger partial charge in [-0.25, -0.2) is 4.79 Å². The molecule has 4 heteroatoms. The Bertz CT molecular complexity index is 531. The van der Waals surface area contributed by atoms with Gasteiger partial charge < -0.3 is 9.84 Å². The molecule has 1 N–H and O–H groups in total. The lowest BCUT2D eigenvalue weighted by molar-refractivity contribution is 0.0526. The first-order valence-electron chi connectivity index (χ1n) is 8.87. The Balaban J connectivity index is 2.60. The zero-order valence-corrected chi connectivity index (χ0v) is 15.7. The molecule has 0 aliphatic carbocycles. The highest BCUT2D eigenvalue weighted by Crippen LogP contribution is 2.31. The smallest absolute Gasteiger partial charge is 0.339 e. The number of carbonyl (C=O) groups is 1. The maximum Gasteiger partial charge on any atom is 0.339 e. The third kappa shape index (κ3) is 7.02. The number of allylic oxidation sites excluding steroid dienone is 3. The molecule has 0 aromatic carbocycles. The fourth-order valence-electron chi connectivity index (χ4n) is 2.42. The molecule has 0 saturated heterocycles. The molecule has 0 spiro atoms. The largest absolute Gasteiger partial charge is 0.462 e. The molecule has 1 rings (SSSR count). The summed E-state index contributed by atoms with van der Waals surface area (Å²) >= 11 is 1.48. The molecular formula is C20H30O3S. The van der Waals surface area contributed by atoms with Gasteiger partial charge >= 0.3 is 5.97 Å². The predicted molar refractivity (Wildman–Crippen MR) is 102 cm³/mol. The van der Waals surface area contributed by atoms with Crippen molar-refractivity contribution < 1.29 is 14.6 Å². The van der Waals surface area contributed by atoms with E-state index in [1.54, 1.807) is 19.1 Å². The number of rotatable bonds is 12. The van der Waals surface area contributed by atoms with Gasteiger partial charge in [-0.2, -0.15) is 0 Å². The van der Waals surface area contributed by atoms with Gasteiger partial charge in [0, 0.05) is 16.2 Å². The third-order valence-corrected chi connectivity index (χ3v) is 4.99. The van der Waals surface area contributed by atoms with Crippen LogP contribution in [-0.4, -0.2) is 17.7 Å². The minimum Gasteiger partial charge on any atom is -0.462 e. The van der Waals surface area contributed by atoms with Gasteiger partial charge in [-0.1, -0.05) is 38.0 Å². The van der Waals surface area contributed by atoms with Crippen LogP contribution < -0.4 is 0 Å². The number of aliphatic hydroxyl groups is 1. The standard InChI is InChI=1S/C20H30O3S/c1-4-7-8-9-10-11-12-14-17(21)19-15-16(20(22)23-6-3)18(24-19)13-5-2/h5,10-11,15,17,21H,2,4,6-9,12-14H2,1,3H3/b11-10+. The number of unbranched alkanes of at least 4 members (excludes halogenated alkanes) is 3. The van der Waals surface area contributed by atoms with Gasteiger partial charge in [0.25, 0.3) is 0 Å². The van der Waals surface area contributed by atoms with Crippen molar-refractivity contribution in [3.8, 4) is 0 Å². The van der Waals surface area contributed by atoms with Crippen LogP contribution in [0.5, 0.6) is 0 Å². The molecule has 134 valence electrons. The fraction of sp³-hybridized carbons (Fsp3) is 0.550. The Labute approximate surface area is 150 Å². The second kappa shape index (κ2) is 12.0. The highest BCUT2D eigenvalue weighted by Gasteiger charge is 2.19. The van der Waals surface area contributed by atoms with E-state index in [1.807, 2.05) is 0 Å². The van der Waals surface area contributed by atoms with E-state index in [4.69, 9.17) is 4.74 Å². The molecule has 1 heterocycles. The Hall–Kier alpha value is -1.39. The van der Waals surface area contributed by atoms with Gasteiger partial charge in [-0.3, -0.25) is 0 Å². The van der Waals surface area contributed by atoms with Gasteiger partial charge in [-0.15, -0.1) is 17.9 Å². The average molecular weight is 351 g/mol. The second-order valence-corrected chi connectivity index (χ2v) is 6.93. The number of esters is 1. The van der Waals surface area contributed by atoms with Crippen molar-refractivity contribution in [2.45, 2.75) is 64.9 Å². The lowest BCUT2D eigenvalue weighted by Crippen LogP contribution is -2.05. The van der Waals surface area contributed by atoms with Gasteiger partial charge in [0.15, 0.2) is 0 Å². The summed E-state index contributed by atoms with van der Waals surface area (Å²) in [4.78, 5) is 13.8. The third-order valence-electron chi connectivity index (χ3n) is 3.73. The van der Waals surface area contributed by atoms with Crippen LogP contribution in [0.25, 0.3) is 0 Å². The van der Waals surface area contributed by atoms with Gasteiger partial charge in [0.2, 0.25) is 0 Å². The maximum atomic E-state index is 12.0. The van der Waals surface area contributed by atoms with Crippen molar-refractivity contribution >= 4 is 17.3 Å². The second-order valence-electron chi connectivity index (χ2n) is 5.76. The van der Waals surface area contributed by atoms with E-state index < -0.39 is 6.10 Å². The molecular weight excluding hydrogens is 320 g/mol. The van der Waals surface area contributed by atoms with Crippen LogP contribution in [-0.2, 0) is 11.2 Å². The summed E-state index contributed by atoms with van der Waals surface area (Å²) in [6, 6.07) is 1.77. The molecule has 0 radical (unpaired) electrons. The van der Waals surface area contributed by atoms with Crippen LogP contribution >= 0.6 is 11.3 Å². The van der Waals surface area contributed by atoms with E-state index in [-0.39, 0.29) is 5.97 Å². The Morgan fingerprint density at radius 3 is 2.75 bits per heavy atom. The van der Waals surface area contributed by atoms with E-state index in [2.05, 4.69) is 25.7 Å². The van der Waals surface area contributed by atoms with Crippen LogP contribution in [0.1, 0.15) is 78.6 Å². The predicted octanol–water partition coefficient (Wildman–Crippen LogP) is 5.60. The molecule has 0 fully saturated rings. The average Bonchev–Trinajstić information content (AvgIpc) is 2.98. The van der Waals surface area contributed by atoms with Crippen molar-refractivity contribution in [3.63, 3.8) is 0 Å². The van der Waals surface area contributed by atoms with Crippen molar-refractivity contribution in [2.24, 2.45) is 0 Å². The quantitative estimate of drug-likeness (QED) is 0.303. The van der Waals surface area contributed by atoms with E-state index in [0.717, 1.165) is 22.6 Å². The normalized spacial score (nSPS) is 12.5. The number of carbonyl (C=O) groups excluding carboxylic acids is 1. The number of hydrogen-bond acceptors (Lipinski definition) is 4. The number of ether oxygens (including phenoxy) is 1. The van der Waals surface area contributed by atoms with E-state index >= 15 is 0 Å². The maximum absolute atomic E-state index is 12.0. The number of hydrogen-bond donors (Lipinski definition) is 1. The fourth-order valence-corrected chi connectivity index (χ4v) is 3.59. The highest BCUT2D eigenvalue weighted by atomic mass is 32.1. The van der Waals surface area contributed by atoms with Gasteiger partial charge in [-0.05, 0) is 38.7 Å². The summed E-state index contributed by atoms with van der Waals surface area (Å²) < 4.78 is 5.09. The molecule has 0 saturated carbocycles. The van der Waals surface area contributed by atoms with E-state index in [1.165, 1.54) is 30.6 Å². The summed E-state index contributed by atoms with van der Waals surface area (Å²) in [6.07, 6.45) is 12.5. The van der Waals surface area contributed by atoms with E-state index in [9.17, 15) is 9.90 Å². The molecule has 1 atom stereocenters. The first-order valence-corrected chi connectivity index (χ1v) is 9.69. The van der Waals surface area contributed by atoms with Crippen LogP contribution in [0.4, 0.5) is 0 Å². The number of aliphatic hydroxyl groups excluding tert-OH is 1. The van der Waals surface area contributed by atoms with Crippen LogP contribution in [0.2, 0.25) is 0 Å². The zero-order valence-electron chi connectivity index (χ0n) is 14.9. The highest BCUT2D eigenvalue weighted by molar-refractivity contribution is 7.12. The van der Waals surface area contributed by atoms with Crippen molar-refractivity contribution in [1.82, 2.24) is 0 Å². The van der Waals surface area contributed by atoms with Crippen molar-refractivity contribution in [2.75, 3.05) is 6.61 Å². The molecule has 3 nitrogen and oxygen atoms in total. The molecule has 0 amide bonds. The molecule has 1 aromatic rings. The first kappa shape index (κ1) is 20.7. The topological polar surface area (TPSA) is 46.5 Å². The van der Waals surface area contributed by atoms with Crippen molar-refractivity contribution in [1.29, 1.82) is 0 Å². The minimum absolute atomic E-state index is 0.320. The zero-order chi connectivity index (χ0) is 17.8. The molecule has 0 aliphatic rings. The summed E-state index contributed by atoms with van der Waals surface area (Å²) in [7, 11) is 0. The minimum atomic E-state index is -0.540. The van der Waals surface area contributed by atoms with Crippen LogP contribution in [0.15, 0.2) is 30.9 Å². The van der Waals surface area contributed by atoms with Gasteiger partial charge in [0.1, 0.15) is 0 Å². The van der Waals surface area contributed by atoms with Crippen LogP contribution in [0.3, 0.4) is 0 Å². The van der Waals surface area contributed by atoms with Crippen molar-refractivity contribution in [3.05, 3.63) is 46.2 Å². The monoisotopic (exact) mass is 350 g/mol.